The fourth-order valence-electron chi connectivity index (χ4n) is 2.50. The summed E-state index contributed by atoms with van der Waals surface area (Å²) in [5, 5.41) is 0. The van der Waals surface area contributed by atoms with Gasteiger partial charge in [-0.1, -0.05) is 19.3 Å². The van der Waals surface area contributed by atoms with Crippen LogP contribution in [0.1, 0.15) is 37.7 Å². The van der Waals surface area contributed by atoms with E-state index in [9.17, 15) is 8.42 Å². The number of aryl methyl sites for hydroxylation is 1. The molecule has 1 fully saturated rings. The van der Waals surface area contributed by atoms with Gasteiger partial charge in [-0.15, -0.1) is 0 Å². The number of hydrogen-bond acceptors (Lipinski definition) is 3. The molecule has 1 N–H and O–H groups in total. The maximum absolute atomic E-state index is 12.1. The summed E-state index contributed by atoms with van der Waals surface area (Å²) in [6, 6.07) is 1.79. The van der Waals surface area contributed by atoms with E-state index in [2.05, 4.69) is 25.6 Å². The number of sulfonamides is 1. The van der Waals surface area contributed by atoms with Crippen molar-refractivity contribution >= 4 is 31.6 Å². The van der Waals surface area contributed by atoms with Gasteiger partial charge < -0.3 is 0 Å². The highest BCUT2D eigenvalue weighted by Gasteiger charge is 2.21. The number of hydrogen-bond donors (Lipinski definition) is 1. The first kappa shape index (κ1) is 14.8. The number of pyridine rings is 1. The van der Waals surface area contributed by atoms with Gasteiger partial charge in [0.2, 0.25) is 10.0 Å². The van der Waals surface area contributed by atoms with Crippen LogP contribution in [0.15, 0.2) is 16.9 Å². The summed E-state index contributed by atoms with van der Waals surface area (Å²) in [4.78, 5) is 4.10. The molecule has 1 aromatic rings. The molecule has 2 rings (SSSR count). The van der Waals surface area contributed by atoms with Gasteiger partial charge in [0, 0.05) is 0 Å². The van der Waals surface area contributed by atoms with Crippen LogP contribution in [0.25, 0.3) is 0 Å². The van der Waals surface area contributed by atoms with E-state index in [1.165, 1.54) is 12.6 Å². The number of anilines is 1. The second-order valence-electron chi connectivity index (χ2n) is 5.22. The van der Waals surface area contributed by atoms with E-state index in [1.54, 1.807) is 6.07 Å². The number of halogens is 1. The lowest BCUT2D eigenvalue weighted by Gasteiger charge is -2.21. The van der Waals surface area contributed by atoms with Gasteiger partial charge in [-0.05, 0) is 53.2 Å². The van der Waals surface area contributed by atoms with Gasteiger partial charge in [-0.25, -0.2) is 13.4 Å². The Hall–Kier alpha value is -0.620. The molecule has 1 aliphatic rings. The zero-order valence-corrected chi connectivity index (χ0v) is 13.4. The van der Waals surface area contributed by atoms with Crippen LogP contribution in [0.4, 0.5) is 5.69 Å². The molecule has 0 radical (unpaired) electrons. The molecular formula is C13H19BrN2O2S. The predicted octanol–water partition coefficient (Wildman–Crippen LogP) is 3.47. The van der Waals surface area contributed by atoms with Crippen molar-refractivity contribution < 1.29 is 8.42 Å². The Bertz CT molecular complexity index is 540. The first-order valence-corrected chi connectivity index (χ1v) is 9.03. The SMILES string of the molecule is Cc1cc(NS(=O)(=O)CC2CCCCC2)cnc1Br. The highest BCUT2D eigenvalue weighted by atomic mass is 79.9. The van der Waals surface area contributed by atoms with Gasteiger partial charge in [0.25, 0.3) is 0 Å². The molecule has 1 saturated carbocycles. The van der Waals surface area contributed by atoms with Crippen molar-refractivity contribution in [2.24, 2.45) is 5.92 Å². The third kappa shape index (κ3) is 4.45. The average Bonchev–Trinajstić information content (AvgIpc) is 2.34. The summed E-state index contributed by atoms with van der Waals surface area (Å²) < 4.78 is 27.6. The average molecular weight is 347 g/mol. The quantitative estimate of drug-likeness (QED) is 0.849. The molecule has 0 bridgehead atoms. The topological polar surface area (TPSA) is 59.1 Å². The molecule has 0 atom stereocenters. The fraction of sp³-hybridized carbons (Fsp3) is 0.615. The smallest absolute Gasteiger partial charge is 0.233 e. The van der Waals surface area contributed by atoms with E-state index in [1.807, 2.05) is 6.92 Å². The molecule has 0 spiro atoms. The van der Waals surface area contributed by atoms with Gasteiger partial charge in [0.1, 0.15) is 4.60 Å². The number of rotatable bonds is 4. The molecule has 0 unspecified atom stereocenters. The summed E-state index contributed by atoms with van der Waals surface area (Å²) in [7, 11) is -3.27. The first-order chi connectivity index (χ1) is 8.96. The molecule has 1 aromatic heterocycles. The standard InChI is InChI=1S/C13H19BrN2O2S/c1-10-7-12(8-15-13(10)14)16-19(17,18)9-11-5-3-2-4-6-11/h7-8,11,16H,2-6,9H2,1H3. The second kappa shape index (κ2) is 6.22. The number of aromatic nitrogens is 1. The van der Waals surface area contributed by atoms with Crippen LogP contribution in [0.3, 0.4) is 0 Å². The Balaban J connectivity index is 2.01. The molecule has 0 aromatic carbocycles. The Labute approximate surface area is 123 Å². The Morgan fingerprint density at radius 2 is 2.05 bits per heavy atom. The molecule has 1 heterocycles. The van der Waals surface area contributed by atoms with E-state index in [-0.39, 0.29) is 5.75 Å². The Kier molecular flexibility index (Phi) is 4.84. The summed E-state index contributed by atoms with van der Waals surface area (Å²) >= 11 is 3.30. The van der Waals surface area contributed by atoms with Crippen molar-refractivity contribution in [1.29, 1.82) is 0 Å². The van der Waals surface area contributed by atoms with E-state index >= 15 is 0 Å². The molecule has 0 amide bonds. The van der Waals surface area contributed by atoms with Crippen LogP contribution in [-0.4, -0.2) is 19.2 Å². The second-order valence-corrected chi connectivity index (χ2v) is 7.74. The van der Waals surface area contributed by atoms with Gasteiger partial charge in [0.05, 0.1) is 17.6 Å². The molecule has 6 heteroatoms. The normalized spacial score (nSPS) is 17.4. The van der Waals surface area contributed by atoms with Crippen LogP contribution in [0, 0.1) is 12.8 Å². The summed E-state index contributed by atoms with van der Waals surface area (Å²) in [6.45, 7) is 1.88. The van der Waals surface area contributed by atoms with E-state index in [0.717, 1.165) is 35.8 Å². The van der Waals surface area contributed by atoms with Crippen molar-refractivity contribution in [1.82, 2.24) is 4.98 Å². The molecule has 1 aliphatic carbocycles. The summed E-state index contributed by atoms with van der Waals surface area (Å²) in [5.41, 5.74) is 1.45. The van der Waals surface area contributed by atoms with Gasteiger partial charge in [-0.3, -0.25) is 4.72 Å². The van der Waals surface area contributed by atoms with Crippen LogP contribution in [0.2, 0.25) is 0 Å². The Morgan fingerprint density at radius 1 is 1.37 bits per heavy atom. The van der Waals surface area contributed by atoms with Gasteiger partial charge in [-0.2, -0.15) is 0 Å². The lowest BCUT2D eigenvalue weighted by molar-refractivity contribution is 0.385. The van der Waals surface area contributed by atoms with Crippen LogP contribution < -0.4 is 4.72 Å². The Morgan fingerprint density at radius 3 is 2.68 bits per heavy atom. The largest absolute Gasteiger partial charge is 0.282 e. The minimum Gasteiger partial charge on any atom is -0.282 e. The first-order valence-electron chi connectivity index (χ1n) is 6.59. The minimum absolute atomic E-state index is 0.224. The van der Waals surface area contributed by atoms with Crippen molar-refractivity contribution in [3.8, 4) is 0 Å². The molecule has 19 heavy (non-hydrogen) atoms. The minimum atomic E-state index is -3.27. The summed E-state index contributed by atoms with van der Waals surface area (Å²) in [5.74, 6) is 0.526. The number of nitrogens with zero attached hydrogens (tertiary/aromatic N) is 1. The molecule has 4 nitrogen and oxygen atoms in total. The van der Waals surface area contributed by atoms with Gasteiger partial charge >= 0.3 is 0 Å². The zero-order chi connectivity index (χ0) is 13.9. The maximum Gasteiger partial charge on any atom is 0.233 e. The lowest BCUT2D eigenvalue weighted by Crippen LogP contribution is -2.24. The monoisotopic (exact) mass is 346 g/mol. The van der Waals surface area contributed by atoms with Crippen molar-refractivity contribution in [3.05, 3.63) is 22.4 Å². The molecule has 0 aliphatic heterocycles. The van der Waals surface area contributed by atoms with Crippen molar-refractivity contribution in [2.45, 2.75) is 39.0 Å². The maximum atomic E-state index is 12.1. The third-order valence-corrected chi connectivity index (χ3v) is 5.75. The highest BCUT2D eigenvalue weighted by Crippen LogP contribution is 2.25. The fourth-order valence-corrected chi connectivity index (χ4v) is 4.22. The summed E-state index contributed by atoms with van der Waals surface area (Å²) in [6.07, 6.45) is 7.13. The zero-order valence-electron chi connectivity index (χ0n) is 11.0. The van der Waals surface area contributed by atoms with Crippen LogP contribution >= 0.6 is 15.9 Å². The van der Waals surface area contributed by atoms with Crippen LogP contribution in [-0.2, 0) is 10.0 Å². The van der Waals surface area contributed by atoms with Crippen LogP contribution in [0.5, 0.6) is 0 Å². The molecule has 106 valence electrons. The van der Waals surface area contributed by atoms with E-state index < -0.39 is 10.0 Å². The third-order valence-electron chi connectivity index (χ3n) is 3.47. The predicted molar refractivity (Wildman–Crippen MR) is 80.7 cm³/mol. The van der Waals surface area contributed by atoms with E-state index in [0.29, 0.717) is 11.6 Å². The van der Waals surface area contributed by atoms with E-state index in [4.69, 9.17) is 0 Å². The lowest BCUT2D eigenvalue weighted by atomic mass is 9.91. The highest BCUT2D eigenvalue weighted by molar-refractivity contribution is 9.10. The van der Waals surface area contributed by atoms with Crippen molar-refractivity contribution in [2.75, 3.05) is 10.5 Å². The number of nitrogens with one attached hydrogen (secondary N) is 1. The van der Waals surface area contributed by atoms with Crippen molar-refractivity contribution in [3.63, 3.8) is 0 Å². The van der Waals surface area contributed by atoms with Gasteiger partial charge in [0.15, 0.2) is 0 Å². The molecule has 0 saturated heterocycles. The molecular weight excluding hydrogens is 328 g/mol.